The van der Waals surface area contributed by atoms with E-state index in [1.807, 2.05) is 5.32 Å². The lowest BCUT2D eigenvalue weighted by Crippen LogP contribution is -2.39. The van der Waals surface area contributed by atoms with E-state index < -0.39 is 46.5 Å². The summed E-state index contributed by atoms with van der Waals surface area (Å²) in [6.07, 6.45) is -0.493. The molecule has 0 radical (unpaired) electrons. The zero-order valence-electron chi connectivity index (χ0n) is 14.9. The third-order valence-corrected chi connectivity index (χ3v) is 4.63. The first-order valence-electron chi connectivity index (χ1n) is 8.23. The van der Waals surface area contributed by atoms with Crippen LogP contribution >= 0.6 is 0 Å². The van der Waals surface area contributed by atoms with Gasteiger partial charge < -0.3 is 15.3 Å². The van der Waals surface area contributed by atoms with Gasteiger partial charge in [0.1, 0.15) is 11.9 Å². The summed E-state index contributed by atoms with van der Waals surface area (Å²) < 4.78 is 36.6. The molecule has 3 heterocycles. The second-order valence-corrected chi connectivity index (χ2v) is 7.16. The fraction of sp³-hybridized carbons (Fsp3) is 0.462. The Kier molecular flexibility index (Phi) is 5.16. The van der Waals surface area contributed by atoms with E-state index in [1.165, 1.54) is 6.20 Å². The molecule has 0 spiro atoms. The molecule has 4 amide bonds. The monoisotopic (exact) mass is 431 g/mol. The highest BCUT2D eigenvalue weighted by molar-refractivity contribution is 7.80. The molecular formula is C13H17N7O8S. The Bertz CT molecular complexity index is 989. The van der Waals surface area contributed by atoms with Crippen molar-refractivity contribution in [2.45, 2.75) is 25.4 Å². The number of hydrogen-bond donors (Lipinski definition) is 5. The van der Waals surface area contributed by atoms with Crippen molar-refractivity contribution in [3.8, 4) is 0 Å². The molecule has 0 unspecified atom stereocenters. The normalized spacial score (nSPS) is 20.4. The molecule has 1 fully saturated rings. The average molecular weight is 431 g/mol. The van der Waals surface area contributed by atoms with Crippen molar-refractivity contribution in [2.24, 2.45) is 0 Å². The van der Waals surface area contributed by atoms with Gasteiger partial charge in [0.15, 0.2) is 0 Å². The molecule has 2 atom stereocenters. The van der Waals surface area contributed by atoms with Crippen LogP contribution in [-0.2, 0) is 14.7 Å². The van der Waals surface area contributed by atoms with Gasteiger partial charge in [-0.15, -0.1) is 4.28 Å². The highest BCUT2D eigenvalue weighted by atomic mass is 32.3. The first-order chi connectivity index (χ1) is 13.5. The lowest BCUT2D eigenvalue weighted by molar-refractivity contribution is -0.0317. The number of rotatable bonds is 5. The van der Waals surface area contributed by atoms with Crippen LogP contribution in [-0.4, -0.2) is 74.9 Å². The maximum atomic E-state index is 12.6. The summed E-state index contributed by atoms with van der Waals surface area (Å²) in [5, 5.41) is 25.5. The van der Waals surface area contributed by atoms with Gasteiger partial charge in [0, 0.05) is 24.7 Å². The number of amidine groups is 1. The molecule has 2 bridgehead atoms. The molecule has 0 aliphatic carbocycles. The molecule has 1 aromatic heterocycles. The van der Waals surface area contributed by atoms with E-state index in [2.05, 4.69) is 14.7 Å². The lowest BCUT2D eigenvalue weighted by atomic mass is 9.96. The SMILES string of the molecule is CCNC(=O)n1cc2c(n1)[C@@H](CC(=N)NC(=O)O)N1C[C@H]2N(OS(=O)(=O)O)C1=O. The number of urea groups is 1. The second kappa shape index (κ2) is 7.30. The van der Waals surface area contributed by atoms with Gasteiger partial charge in [0.2, 0.25) is 0 Å². The van der Waals surface area contributed by atoms with Gasteiger partial charge in [-0.2, -0.15) is 23.3 Å². The summed E-state index contributed by atoms with van der Waals surface area (Å²) in [4.78, 5) is 36.6. The Labute approximate surface area is 163 Å². The number of amides is 4. The number of carbonyl (C=O) groups is 3. The van der Waals surface area contributed by atoms with Crippen LogP contribution in [0.5, 0.6) is 0 Å². The number of nitrogens with zero attached hydrogens (tertiary/aromatic N) is 4. The van der Waals surface area contributed by atoms with Crippen molar-refractivity contribution in [3.05, 3.63) is 17.5 Å². The van der Waals surface area contributed by atoms with Crippen molar-refractivity contribution in [2.75, 3.05) is 13.1 Å². The van der Waals surface area contributed by atoms with E-state index in [0.29, 0.717) is 11.6 Å². The molecule has 3 rings (SSSR count). The topological polar surface area (TPSA) is 207 Å². The van der Waals surface area contributed by atoms with E-state index in [-0.39, 0.29) is 24.2 Å². The molecular weight excluding hydrogens is 414 g/mol. The third kappa shape index (κ3) is 3.98. The Hall–Kier alpha value is -3.24. The smallest absolute Gasteiger partial charge is 0.418 e. The average Bonchev–Trinajstić information content (AvgIpc) is 3.13. The first kappa shape index (κ1) is 20.5. The van der Waals surface area contributed by atoms with Gasteiger partial charge in [-0.05, 0) is 6.92 Å². The van der Waals surface area contributed by atoms with Crippen LogP contribution in [0.4, 0.5) is 14.4 Å². The van der Waals surface area contributed by atoms with Crippen LogP contribution in [0.15, 0.2) is 6.20 Å². The van der Waals surface area contributed by atoms with Gasteiger partial charge in [-0.1, -0.05) is 0 Å². The first-order valence-corrected chi connectivity index (χ1v) is 9.60. The number of nitrogens with one attached hydrogen (secondary N) is 3. The number of hydroxylamine groups is 2. The van der Waals surface area contributed by atoms with Crippen LogP contribution in [0.2, 0.25) is 0 Å². The summed E-state index contributed by atoms with van der Waals surface area (Å²) in [6, 6.07) is -3.48. The quantitative estimate of drug-likeness (QED) is 0.234. The Morgan fingerprint density at radius 1 is 1.45 bits per heavy atom. The summed E-state index contributed by atoms with van der Waals surface area (Å²) >= 11 is 0. The minimum Gasteiger partial charge on any atom is -0.465 e. The summed E-state index contributed by atoms with van der Waals surface area (Å²) in [5.74, 6) is -0.443. The zero-order valence-corrected chi connectivity index (χ0v) is 15.7. The van der Waals surface area contributed by atoms with Crippen molar-refractivity contribution in [3.63, 3.8) is 0 Å². The third-order valence-electron chi connectivity index (χ3n) is 4.28. The van der Waals surface area contributed by atoms with Gasteiger partial charge in [-0.3, -0.25) is 15.3 Å². The molecule has 15 nitrogen and oxygen atoms in total. The molecule has 2 aliphatic heterocycles. The number of carbonyl (C=O) groups excluding carboxylic acids is 2. The van der Waals surface area contributed by atoms with E-state index in [9.17, 15) is 22.8 Å². The predicted molar refractivity (Wildman–Crippen MR) is 92.3 cm³/mol. The Morgan fingerprint density at radius 3 is 2.72 bits per heavy atom. The highest BCUT2D eigenvalue weighted by Crippen LogP contribution is 2.44. The van der Waals surface area contributed by atoms with Crippen LogP contribution in [0.3, 0.4) is 0 Å². The summed E-state index contributed by atoms with van der Waals surface area (Å²) in [5.41, 5.74) is 0.425. The van der Waals surface area contributed by atoms with Gasteiger partial charge >= 0.3 is 28.6 Å². The molecule has 0 saturated carbocycles. The lowest BCUT2D eigenvalue weighted by Gasteiger charge is -2.29. The Morgan fingerprint density at radius 2 is 2.14 bits per heavy atom. The van der Waals surface area contributed by atoms with Crippen molar-refractivity contribution in [1.82, 2.24) is 30.4 Å². The fourth-order valence-corrected chi connectivity index (χ4v) is 3.62. The molecule has 158 valence electrons. The number of hydrogen-bond acceptors (Lipinski definition) is 8. The maximum absolute atomic E-state index is 12.6. The largest absolute Gasteiger partial charge is 0.465 e. The molecule has 0 aromatic carbocycles. The molecule has 1 saturated heterocycles. The van der Waals surface area contributed by atoms with Crippen molar-refractivity contribution in [1.29, 1.82) is 5.41 Å². The molecule has 2 aliphatic rings. The predicted octanol–water partition coefficient (Wildman–Crippen LogP) is -0.337. The summed E-state index contributed by atoms with van der Waals surface area (Å²) in [6.45, 7) is 1.91. The van der Waals surface area contributed by atoms with E-state index in [1.54, 1.807) is 6.92 Å². The van der Waals surface area contributed by atoms with Crippen LogP contribution in [0, 0.1) is 5.41 Å². The van der Waals surface area contributed by atoms with E-state index >= 15 is 0 Å². The number of aromatic nitrogens is 2. The fourth-order valence-electron chi connectivity index (χ4n) is 3.25. The second-order valence-electron chi connectivity index (χ2n) is 6.16. The molecule has 5 N–H and O–H groups in total. The number of carboxylic acid groups (broad SMARTS) is 1. The van der Waals surface area contributed by atoms with E-state index in [4.69, 9.17) is 15.1 Å². The minimum atomic E-state index is -5.02. The van der Waals surface area contributed by atoms with E-state index in [0.717, 1.165) is 9.58 Å². The maximum Gasteiger partial charge on any atom is 0.418 e. The standard InChI is InChI=1S/C13H17N7O8S/c1-2-15-11(21)19-4-6-8-5-18(13(24)20(8)28-29(25,26)27)7(10(6)17-19)3-9(14)16-12(22)23/h4,7-8H,2-3,5H2,1H3,(H2,14,16)(H,15,21)(H,22,23)(H,25,26,27)/t7-,8-/m1/s1. The van der Waals surface area contributed by atoms with Gasteiger partial charge in [-0.25, -0.2) is 14.4 Å². The molecule has 29 heavy (non-hydrogen) atoms. The molecule has 1 aromatic rings. The zero-order chi connectivity index (χ0) is 21.5. The number of fused-ring (bicyclic) bond motifs is 4. The van der Waals surface area contributed by atoms with Gasteiger partial charge in [0.05, 0.1) is 18.3 Å². The van der Waals surface area contributed by atoms with Crippen LogP contribution in [0.1, 0.15) is 36.7 Å². The van der Waals surface area contributed by atoms with Crippen LogP contribution < -0.4 is 10.6 Å². The minimum absolute atomic E-state index is 0.0898. The van der Waals surface area contributed by atoms with Crippen molar-refractivity contribution < 1.29 is 36.7 Å². The summed E-state index contributed by atoms with van der Waals surface area (Å²) in [7, 11) is -5.02. The van der Waals surface area contributed by atoms with Crippen LogP contribution in [0.25, 0.3) is 0 Å². The van der Waals surface area contributed by atoms with Crippen molar-refractivity contribution >= 4 is 34.4 Å². The van der Waals surface area contributed by atoms with Gasteiger partial charge in [0.25, 0.3) is 0 Å². The molecule has 16 heteroatoms. The highest BCUT2D eigenvalue weighted by Gasteiger charge is 2.52. The Balaban J connectivity index is 2.01.